The molecule has 0 aliphatic rings. The van der Waals surface area contributed by atoms with Crippen molar-refractivity contribution in [1.82, 2.24) is 9.97 Å². The van der Waals surface area contributed by atoms with Gasteiger partial charge < -0.3 is 5.32 Å². The molecule has 13 heavy (non-hydrogen) atoms. The number of hydrogen-bond acceptors (Lipinski definition) is 3. The van der Waals surface area contributed by atoms with E-state index in [-0.39, 0.29) is 6.04 Å². The third-order valence-corrected chi connectivity index (χ3v) is 2.56. The highest BCUT2D eigenvalue weighted by molar-refractivity contribution is 14.1. The average Bonchev–Trinajstić information content (AvgIpc) is 2.17. The number of aromatic nitrogens is 2. The van der Waals surface area contributed by atoms with Crippen LogP contribution in [0.3, 0.4) is 0 Å². The van der Waals surface area contributed by atoms with Crippen molar-refractivity contribution in [3.63, 3.8) is 0 Å². The van der Waals surface area contributed by atoms with Gasteiger partial charge in [0.25, 0.3) is 0 Å². The van der Waals surface area contributed by atoms with E-state index in [2.05, 4.69) is 44.8 Å². The van der Waals surface area contributed by atoms with Gasteiger partial charge in [-0.25, -0.2) is 9.97 Å². The Labute approximate surface area is 96.4 Å². The summed E-state index contributed by atoms with van der Waals surface area (Å²) in [6.07, 6.45) is 4.52. The van der Waals surface area contributed by atoms with E-state index < -0.39 is 0 Å². The van der Waals surface area contributed by atoms with Crippen LogP contribution in [0.15, 0.2) is 12.4 Å². The van der Waals surface area contributed by atoms with Gasteiger partial charge in [0.1, 0.15) is 0 Å². The van der Waals surface area contributed by atoms with E-state index in [1.807, 2.05) is 0 Å². The monoisotopic (exact) mass is 311 g/mol. The van der Waals surface area contributed by atoms with E-state index >= 15 is 0 Å². The molecule has 1 aromatic heterocycles. The van der Waals surface area contributed by atoms with Crippen LogP contribution in [0.25, 0.3) is 0 Å². The van der Waals surface area contributed by atoms with Crippen molar-refractivity contribution in [1.29, 1.82) is 0 Å². The first-order valence-corrected chi connectivity index (χ1v) is 5.67. The summed E-state index contributed by atoms with van der Waals surface area (Å²) in [5.74, 6) is 1.22. The molecule has 0 aliphatic carbocycles. The average molecular weight is 312 g/mol. The Hall–Kier alpha value is -0.100. The Balaban J connectivity index is 2.58. The van der Waals surface area contributed by atoms with Crippen LogP contribution >= 0.6 is 34.2 Å². The predicted molar refractivity (Wildman–Crippen MR) is 63.2 cm³/mol. The number of halogens is 2. The minimum atomic E-state index is 0.252. The predicted octanol–water partition coefficient (Wildman–Crippen LogP) is 2.51. The van der Waals surface area contributed by atoms with Gasteiger partial charge in [-0.2, -0.15) is 0 Å². The van der Waals surface area contributed by atoms with Crippen molar-refractivity contribution in [2.45, 2.75) is 19.4 Å². The molecule has 5 heteroatoms. The molecule has 0 aromatic carbocycles. The maximum absolute atomic E-state index is 5.73. The molecule has 1 N–H and O–H groups in total. The van der Waals surface area contributed by atoms with Crippen LogP contribution in [0.1, 0.15) is 13.3 Å². The van der Waals surface area contributed by atoms with Crippen molar-refractivity contribution < 1.29 is 0 Å². The smallest absolute Gasteiger partial charge is 0.222 e. The maximum atomic E-state index is 5.73. The minimum Gasteiger partial charge on any atom is -0.350 e. The van der Waals surface area contributed by atoms with Crippen LogP contribution in [-0.4, -0.2) is 21.9 Å². The second-order valence-electron chi connectivity index (χ2n) is 2.63. The largest absolute Gasteiger partial charge is 0.350 e. The van der Waals surface area contributed by atoms with Crippen molar-refractivity contribution in [3.05, 3.63) is 16.0 Å². The third kappa shape index (κ3) is 3.64. The second-order valence-corrected chi connectivity index (χ2v) is 4.18. The van der Waals surface area contributed by atoms with E-state index in [0.717, 1.165) is 9.99 Å². The van der Waals surface area contributed by atoms with Crippen LogP contribution in [0, 0.1) is 3.57 Å². The highest BCUT2D eigenvalue weighted by atomic mass is 127. The van der Waals surface area contributed by atoms with Crippen molar-refractivity contribution >= 4 is 40.1 Å². The van der Waals surface area contributed by atoms with Crippen molar-refractivity contribution in [2.24, 2.45) is 0 Å². The summed E-state index contributed by atoms with van der Waals surface area (Å²) >= 11 is 7.90. The Bertz CT molecular complexity index is 248. The fourth-order valence-corrected chi connectivity index (χ4v) is 1.39. The highest BCUT2D eigenvalue weighted by Gasteiger charge is 2.04. The van der Waals surface area contributed by atoms with Gasteiger partial charge in [-0.05, 0) is 29.0 Å². The number of nitrogens with one attached hydrogen (secondary N) is 1. The van der Waals surface area contributed by atoms with Gasteiger partial charge in [0, 0.05) is 27.9 Å². The Morgan fingerprint density at radius 1 is 1.54 bits per heavy atom. The van der Waals surface area contributed by atoms with Crippen LogP contribution in [0.4, 0.5) is 5.95 Å². The lowest BCUT2D eigenvalue weighted by atomic mass is 10.3. The Kier molecular flexibility index (Phi) is 4.72. The van der Waals surface area contributed by atoms with Gasteiger partial charge in [-0.1, -0.05) is 6.92 Å². The normalized spacial score (nSPS) is 12.5. The minimum absolute atomic E-state index is 0.252. The number of hydrogen-bond donors (Lipinski definition) is 1. The molecular weight excluding hydrogens is 300 g/mol. The number of anilines is 1. The van der Waals surface area contributed by atoms with Gasteiger partial charge >= 0.3 is 0 Å². The zero-order valence-corrected chi connectivity index (χ0v) is 10.2. The van der Waals surface area contributed by atoms with E-state index in [0.29, 0.717) is 11.8 Å². The van der Waals surface area contributed by atoms with Gasteiger partial charge in [0.2, 0.25) is 5.95 Å². The summed E-state index contributed by atoms with van der Waals surface area (Å²) in [4.78, 5) is 8.25. The molecule has 1 rings (SSSR count). The first kappa shape index (κ1) is 11.0. The second kappa shape index (κ2) is 5.59. The van der Waals surface area contributed by atoms with Crippen LogP contribution in [0.2, 0.25) is 0 Å². The van der Waals surface area contributed by atoms with Crippen LogP contribution in [0.5, 0.6) is 0 Å². The standard InChI is InChI=1S/C8H11ClIN3/c1-2-7(3-9)13-8-11-4-6(10)5-12-8/h4-5,7H,2-3H2,1H3,(H,11,12,13). The zero-order chi connectivity index (χ0) is 9.68. The van der Waals surface area contributed by atoms with E-state index in [9.17, 15) is 0 Å². The molecule has 0 aliphatic heterocycles. The first-order chi connectivity index (χ1) is 6.26. The van der Waals surface area contributed by atoms with Gasteiger partial charge in [0.05, 0.1) is 0 Å². The molecule has 72 valence electrons. The molecule has 1 unspecified atom stereocenters. The van der Waals surface area contributed by atoms with E-state index in [1.165, 1.54) is 0 Å². The molecule has 0 saturated heterocycles. The summed E-state index contributed by atoms with van der Waals surface area (Å²) < 4.78 is 1.03. The Morgan fingerprint density at radius 2 is 2.15 bits per heavy atom. The molecule has 1 aromatic rings. The molecule has 0 saturated carbocycles. The molecule has 1 heterocycles. The summed E-state index contributed by atoms with van der Waals surface area (Å²) in [6, 6.07) is 0.252. The highest BCUT2D eigenvalue weighted by Crippen LogP contribution is 2.06. The number of rotatable bonds is 4. The molecule has 0 spiro atoms. The fraction of sp³-hybridized carbons (Fsp3) is 0.500. The number of alkyl halides is 1. The lowest BCUT2D eigenvalue weighted by molar-refractivity contribution is 0.758. The summed E-state index contributed by atoms with van der Waals surface area (Å²) in [5, 5.41) is 3.15. The third-order valence-electron chi connectivity index (χ3n) is 1.63. The van der Waals surface area contributed by atoms with Crippen molar-refractivity contribution in [2.75, 3.05) is 11.2 Å². The number of nitrogens with zero attached hydrogens (tertiary/aromatic N) is 2. The quantitative estimate of drug-likeness (QED) is 0.686. The SMILES string of the molecule is CCC(CCl)Nc1ncc(I)cn1. The molecule has 3 nitrogen and oxygen atoms in total. The molecule has 1 atom stereocenters. The van der Waals surface area contributed by atoms with Crippen LogP contribution in [-0.2, 0) is 0 Å². The van der Waals surface area contributed by atoms with Gasteiger partial charge in [-0.3, -0.25) is 0 Å². The zero-order valence-electron chi connectivity index (χ0n) is 7.30. The van der Waals surface area contributed by atoms with Gasteiger partial charge in [-0.15, -0.1) is 11.6 Å². The maximum Gasteiger partial charge on any atom is 0.222 e. The Morgan fingerprint density at radius 3 is 2.62 bits per heavy atom. The van der Waals surface area contributed by atoms with Gasteiger partial charge in [0.15, 0.2) is 0 Å². The van der Waals surface area contributed by atoms with Crippen LogP contribution < -0.4 is 5.32 Å². The lowest BCUT2D eigenvalue weighted by Crippen LogP contribution is -2.21. The van der Waals surface area contributed by atoms with Crippen molar-refractivity contribution in [3.8, 4) is 0 Å². The molecular formula is C8H11ClIN3. The topological polar surface area (TPSA) is 37.8 Å². The first-order valence-electron chi connectivity index (χ1n) is 4.06. The molecule has 0 fully saturated rings. The summed E-state index contributed by atoms with van der Waals surface area (Å²) in [5.41, 5.74) is 0. The molecule has 0 bridgehead atoms. The van der Waals surface area contributed by atoms with E-state index in [4.69, 9.17) is 11.6 Å². The fourth-order valence-electron chi connectivity index (χ4n) is 0.819. The molecule has 0 radical (unpaired) electrons. The summed E-state index contributed by atoms with van der Waals surface area (Å²) in [7, 11) is 0. The lowest BCUT2D eigenvalue weighted by Gasteiger charge is -2.12. The summed E-state index contributed by atoms with van der Waals surface area (Å²) in [6.45, 7) is 2.08. The molecule has 0 amide bonds. The van der Waals surface area contributed by atoms with E-state index in [1.54, 1.807) is 12.4 Å².